The van der Waals surface area contributed by atoms with Crippen molar-refractivity contribution in [3.05, 3.63) is 59.7 Å². The van der Waals surface area contributed by atoms with E-state index in [0.29, 0.717) is 43.4 Å². The monoisotopic (exact) mass is 640 g/mol. The number of benzene rings is 1. The van der Waals surface area contributed by atoms with E-state index in [1.54, 1.807) is 36.2 Å². The summed E-state index contributed by atoms with van der Waals surface area (Å²) in [6.07, 6.45) is 12.1. The third kappa shape index (κ3) is 7.02. The Kier molecular flexibility index (Phi) is 10.8. The highest BCUT2D eigenvalue weighted by molar-refractivity contribution is 9.10. The Labute approximate surface area is 256 Å². The van der Waals surface area contributed by atoms with E-state index < -0.39 is 16.9 Å². The summed E-state index contributed by atoms with van der Waals surface area (Å²) in [4.78, 5) is 67.6. The maximum Gasteiger partial charge on any atom is 0.261 e. The van der Waals surface area contributed by atoms with Gasteiger partial charge in [-0.05, 0) is 62.0 Å². The molecule has 3 aliphatic rings. The highest BCUT2D eigenvalue weighted by Gasteiger charge is 2.41. The van der Waals surface area contributed by atoms with E-state index in [4.69, 9.17) is 0 Å². The largest absolute Gasteiger partial charge is 0.357 e. The molecule has 9 nitrogen and oxygen atoms in total. The van der Waals surface area contributed by atoms with Gasteiger partial charge in [0.1, 0.15) is 12.1 Å². The van der Waals surface area contributed by atoms with Gasteiger partial charge in [0.25, 0.3) is 11.8 Å². The van der Waals surface area contributed by atoms with Crippen molar-refractivity contribution in [2.45, 2.75) is 69.3 Å². The molecule has 0 spiro atoms. The number of halogens is 1. The van der Waals surface area contributed by atoms with E-state index in [2.05, 4.69) is 38.7 Å². The molecule has 0 saturated carbocycles. The second-order valence-corrected chi connectivity index (χ2v) is 12.8. The Balaban J connectivity index is 1.37. The van der Waals surface area contributed by atoms with Gasteiger partial charge in [-0.1, -0.05) is 72.6 Å². The van der Waals surface area contributed by atoms with E-state index in [1.165, 1.54) is 4.90 Å². The molecule has 4 rings (SSSR count). The molecule has 5 unspecified atom stereocenters. The molecule has 42 heavy (non-hydrogen) atoms. The maximum atomic E-state index is 13.9. The molecule has 2 heterocycles. The number of alkyl halides is 1. The van der Waals surface area contributed by atoms with Crippen molar-refractivity contribution in [2.24, 2.45) is 17.8 Å². The number of fused-ring (bicyclic) bond motifs is 1. The van der Waals surface area contributed by atoms with Gasteiger partial charge in [-0.15, -0.1) is 0 Å². The van der Waals surface area contributed by atoms with Gasteiger partial charge < -0.3 is 15.5 Å². The van der Waals surface area contributed by atoms with Crippen molar-refractivity contribution in [1.82, 2.24) is 20.4 Å². The first kappa shape index (κ1) is 31.7. The Bertz CT molecular complexity index is 1230. The molecule has 2 N–H and O–H groups in total. The average molecular weight is 642 g/mol. The third-order valence-corrected chi connectivity index (χ3v) is 9.40. The first-order chi connectivity index (χ1) is 20.1. The Hall–Kier alpha value is -3.27. The molecule has 2 aliphatic heterocycles. The number of carbonyl (C=O) groups excluding carboxylic acids is 5. The second-order valence-electron chi connectivity index (χ2n) is 11.7. The minimum Gasteiger partial charge on any atom is -0.357 e. The fourth-order valence-corrected chi connectivity index (χ4v) is 6.71. The number of amides is 5. The minimum atomic E-state index is -0.742. The number of likely N-dealkylation sites (N-methyl/N-ethyl adjacent to an activating group) is 1. The van der Waals surface area contributed by atoms with Gasteiger partial charge in [0.15, 0.2) is 0 Å². The van der Waals surface area contributed by atoms with Crippen molar-refractivity contribution < 1.29 is 24.0 Å². The van der Waals surface area contributed by atoms with E-state index in [0.717, 1.165) is 12.8 Å². The lowest BCUT2D eigenvalue weighted by atomic mass is 9.81. The van der Waals surface area contributed by atoms with Crippen LogP contribution in [0.15, 0.2) is 48.6 Å². The van der Waals surface area contributed by atoms with Crippen LogP contribution in [0.4, 0.5) is 0 Å². The molecule has 10 heteroatoms. The van der Waals surface area contributed by atoms with Gasteiger partial charge in [0, 0.05) is 20.1 Å². The summed E-state index contributed by atoms with van der Waals surface area (Å²) in [6.45, 7) is 4.59. The number of unbranched alkanes of at least 4 members (excludes halogenated alkanes) is 1. The lowest BCUT2D eigenvalue weighted by Gasteiger charge is -2.34. The Morgan fingerprint density at radius 1 is 1.02 bits per heavy atom. The van der Waals surface area contributed by atoms with Crippen molar-refractivity contribution in [2.75, 3.05) is 20.1 Å². The number of imide groups is 1. The standard InChI is InChI=1S/C32H41BrN4O5/c1-20(2)27(29(39)34-3)36-18-16-22(21-11-5-4-6-12-21)19-26(32(36)42)35-28(38)25(33)15-9-10-17-37-30(40)23-13-7-8-14-24(23)31(37)41/h4-8,11,13-14,20-22,25-27H,9-10,12,15-19H2,1-3H3,(H,34,39)(H,35,38). The molecule has 1 fully saturated rings. The Morgan fingerprint density at radius 2 is 1.71 bits per heavy atom. The summed E-state index contributed by atoms with van der Waals surface area (Å²) in [5.41, 5.74) is 0.855. The molecule has 1 aromatic rings. The number of nitrogens with zero attached hydrogens (tertiary/aromatic N) is 2. The number of rotatable bonds is 11. The summed E-state index contributed by atoms with van der Waals surface area (Å²) in [5.74, 6) is -0.935. The van der Waals surface area contributed by atoms with E-state index in [-0.39, 0.29) is 53.8 Å². The van der Waals surface area contributed by atoms with Crippen LogP contribution < -0.4 is 10.6 Å². The molecule has 0 aromatic heterocycles. The molecule has 226 valence electrons. The quantitative estimate of drug-likeness (QED) is 0.217. The summed E-state index contributed by atoms with van der Waals surface area (Å²) < 4.78 is 0. The second kappa shape index (κ2) is 14.3. The van der Waals surface area contributed by atoms with Crippen LogP contribution in [0.25, 0.3) is 0 Å². The lowest BCUT2D eigenvalue weighted by molar-refractivity contribution is -0.144. The zero-order valence-electron chi connectivity index (χ0n) is 24.6. The maximum absolute atomic E-state index is 13.9. The highest BCUT2D eigenvalue weighted by Crippen LogP contribution is 2.32. The van der Waals surface area contributed by atoms with Gasteiger partial charge in [-0.25, -0.2) is 0 Å². The molecular formula is C32H41BrN4O5. The van der Waals surface area contributed by atoms with Crippen molar-refractivity contribution in [3.63, 3.8) is 0 Å². The van der Waals surface area contributed by atoms with Crippen LogP contribution in [-0.4, -0.2) is 76.4 Å². The van der Waals surface area contributed by atoms with Gasteiger partial charge in [-0.3, -0.25) is 28.9 Å². The van der Waals surface area contributed by atoms with Gasteiger partial charge >= 0.3 is 0 Å². The van der Waals surface area contributed by atoms with Crippen LogP contribution in [0.5, 0.6) is 0 Å². The smallest absolute Gasteiger partial charge is 0.261 e. The van der Waals surface area contributed by atoms with Crippen LogP contribution in [0.3, 0.4) is 0 Å². The fraction of sp³-hybridized carbons (Fsp3) is 0.531. The van der Waals surface area contributed by atoms with Crippen molar-refractivity contribution in [1.29, 1.82) is 0 Å². The highest BCUT2D eigenvalue weighted by atomic mass is 79.9. The van der Waals surface area contributed by atoms with Crippen molar-refractivity contribution in [3.8, 4) is 0 Å². The molecule has 5 atom stereocenters. The summed E-state index contributed by atoms with van der Waals surface area (Å²) in [7, 11) is 1.57. The fourth-order valence-electron chi connectivity index (χ4n) is 6.25. The zero-order valence-corrected chi connectivity index (χ0v) is 26.1. The molecular weight excluding hydrogens is 600 g/mol. The molecule has 0 radical (unpaired) electrons. The van der Waals surface area contributed by atoms with Crippen LogP contribution >= 0.6 is 15.9 Å². The molecule has 5 amide bonds. The van der Waals surface area contributed by atoms with Gasteiger partial charge in [-0.2, -0.15) is 0 Å². The number of likely N-dealkylation sites (tertiary alicyclic amines) is 1. The van der Waals surface area contributed by atoms with E-state index >= 15 is 0 Å². The summed E-state index contributed by atoms with van der Waals surface area (Å²) >= 11 is 3.49. The SMILES string of the molecule is CNC(=O)C(C(C)C)N1CCC(C2C=CC=CC2)CC(NC(=O)C(Br)CCCCN2C(=O)c3ccccc3C2=O)C1=O. The zero-order chi connectivity index (χ0) is 30.4. The number of hydrogen-bond donors (Lipinski definition) is 2. The Morgan fingerprint density at radius 3 is 2.31 bits per heavy atom. The predicted molar refractivity (Wildman–Crippen MR) is 164 cm³/mol. The number of carbonyl (C=O) groups is 5. The van der Waals surface area contributed by atoms with Crippen LogP contribution in [0.1, 0.15) is 73.1 Å². The number of hydrogen-bond acceptors (Lipinski definition) is 5. The number of nitrogens with one attached hydrogen (secondary N) is 2. The summed E-state index contributed by atoms with van der Waals surface area (Å²) in [6, 6.07) is 5.44. The molecule has 1 aliphatic carbocycles. The van der Waals surface area contributed by atoms with Crippen LogP contribution in [-0.2, 0) is 14.4 Å². The first-order valence-corrected chi connectivity index (χ1v) is 15.8. The first-order valence-electron chi connectivity index (χ1n) is 14.9. The van der Waals surface area contributed by atoms with Crippen LogP contribution in [0, 0.1) is 17.8 Å². The predicted octanol–water partition coefficient (Wildman–Crippen LogP) is 3.84. The van der Waals surface area contributed by atoms with Gasteiger partial charge in [0.05, 0.1) is 16.0 Å². The number of allylic oxidation sites excluding steroid dienone is 4. The lowest BCUT2D eigenvalue weighted by Crippen LogP contribution is -2.57. The van der Waals surface area contributed by atoms with E-state index in [9.17, 15) is 24.0 Å². The van der Waals surface area contributed by atoms with Gasteiger partial charge in [0.2, 0.25) is 17.7 Å². The topological polar surface area (TPSA) is 116 Å². The third-order valence-electron chi connectivity index (χ3n) is 8.53. The molecule has 1 aromatic carbocycles. The normalized spacial score (nSPS) is 23.5. The summed E-state index contributed by atoms with van der Waals surface area (Å²) in [5, 5.41) is 5.70. The van der Waals surface area contributed by atoms with Crippen LogP contribution in [0.2, 0.25) is 0 Å². The molecule has 1 saturated heterocycles. The molecule has 0 bridgehead atoms. The average Bonchev–Trinajstić information content (AvgIpc) is 3.12. The van der Waals surface area contributed by atoms with E-state index in [1.807, 2.05) is 26.0 Å². The van der Waals surface area contributed by atoms with Crippen molar-refractivity contribution >= 4 is 45.5 Å². The minimum absolute atomic E-state index is 0.0922.